The SMILES string of the molecule is CCCCCCCCCOc1ncc(-c2ccc(CC[C@H](C)[C@H](Cl)C(=O)O)cc2)cn1. The van der Waals surface area contributed by atoms with Crippen molar-refractivity contribution in [3.63, 3.8) is 0 Å². The predicted octanol–water partition coefficient (Wildman–Crippen LogP) is 6.53. The molecule has 1 aromatic heterocycles. The van der Waals surface area contributed by atoms with Gasteiger partial charge in [0.1, 0.15) is 5.38 Å². The van der Waals surface area contributed by atoms with Crippen molar-refractivity contribution < 1.29 is 14.6 Å². The van der Waals surface area contributed by atoms with Crippen LogP contribution >= 0.6 is 11.6 Å². The van der Waals surface area contributed by atoms with E-state index in [1.165, 1.54) is 38.5 Å². The van der Waals surface area contributed by atoms with Crippen LogP contribution in [0.2, 0.25) is 0 Å². The topological polar surface area (TPSA) is 72.3 Å². The molecule has 2 aromatic rings. The molecule has 0 bridgehead atoms. The first-order valence-electron chi connectivity index (χ1n) is 11.4. The van der Waals surface area contributed by atoms with Crippen LogP contribution in [0, 0.1) is 5.92 Å². The first-order chi connectivity index (χ1) is 15.0. The Hall–Kier alpha value is -2.14. The molecule has 2 atom stereocenters. The molecule has 0 saturated heterocycles. The van der Waals surface area contributed by atoms with Crippen molar-refractivity contribution in [2.75, 3.05) is 6.61 Å². The van der Waals surface area contributed by atoms with Crippen LogP contribution < -0.4 is 4.74 Å². The first kappa shape index (κ1) is 25.1. The van der Waals surface area contributed by atoms with E-state index in [-0.39, 0.29) is 5.92 Å². The number of nitrogens with zero attached hydrogens (tertiary/aromatic N) is 2. The maximum Gasteiger partial charge on any atom is 0.321 e. The van der Waals surface area contributed by atoms with Crippen LogP contribution in [0.15, 0.2) is 36.7 Å². The van der Waals surface area contributed by atoms with E-state index in [1.54, 1.807) is 12.4 Å². The molecule has 1 heterocycles. The van der Waals surface area contributed by atoms with Crippen molar-refractivity contribution >= 4 is 17.6 Å². The van der Waals surface area contributed by atoms with Gasteiger partial charge in [-0.3, -0.25) is 4.79 Å². The van der Waals surface area contributed by atoms with Gasteiger partial charge in [-0.05, 0) is 36.3 Å². The number of aryl methyl sites for hydroxylation is 1. The maximum atomic E-state index is 11.0. The second-order valence-electron chi connectivity index (χ2n) is 8.18. The summed E-state index contributed by atoms with van der Waals surface area (Å²) in [5.74, 6) is -1.04. The standard InChI is InChI=1S/C25H35ClN2O3/c1-3-4-5-6-7-8-9-16-31-25-27-17-22(18-28-25)21-14-12-20(13-15-21)11-10-19(2)23(26)24(29)30/h12-15,17-19,23H,3-11,16H2,1-2H3,(H,29,30)/t19-,23-/m0/s1. The van der Waals surface area contributed by atoms with Crippen molar-refractivity contribution in [1.82, 2.24) is 9.97 Å². The third-order valence-electron chi connectivity index (χ3n) is 5.52. The van der Waals surface area contributed by atoms with Gasteiger partial charge in [-0.15, -0.1) is 11.6 Å². The lowest BCUT2D eigenvalue weighted by Gasteiger charge is -2.14. The molecule has 0 aliphatic rings. The van der Waals surface area contributed by atoms with E-state index >= 15 is 0 Å². The van der Waals surface area contributed by atoms with Gasteiger partial charge in [0.2, 0.25) is 0 Å². The fourth-order valence-corrected chi connectivity index (χ4v) is 3.54. The highest BCUT2D eigenvalue weighted by atomic mass is 35.5. The molecule has 170 valence electrons. The largest absolute Gasteiger partial charge is 0.480 e. The third kappa shape index (κ3) is 9.26. The van der Waals surface area contributed by atoms with Crippen LogP contribution in [0.4, 0.5) is 0 Å². The molecule has 5 nitrogen and oxygen atoms in total. The molecule has 0 amide bonds. The molecule has 0 aliphatic heterocycles. The average molecular weight is 447 g/mol. The molecule has 2 rings (SSSR count). The normalized spacial score (nSPS) is 13.0. The Kier molecular flexibility index (Phi) is 11.4. The average Bonchev–Trinajstić information content (AvgIpc) is 2.79. The number of carbonyl (C=O) groups is 1. The summed E-state index contributed by atoms with van der Waals surface area (Å²) in [6, 6.07) is 8.60. The van der Waals surface area contributed by atoms with Gasteiger partial charge in [0.15, 0.2) is 0 Å². The Bertz CT molecular complexity index is 765. The molecule has 0 aliphatic carbocycles. The van der Waals surface area contributed by atoms with Crippen molar-refractivity contribution in [1.29, 1.82) is 0 Å². The van der Waals surface area contributed by atoms with Crippen molar-refractivity contribution in [3.05, 3.63) is 42.2 Å². The zero-order valence-corrected chi connectivity index (χ0v) is 19.5. The summed E-state index contributed by atoms with van der Waals surface area (Å²) >= 11 is 5.90. The van der Waals surface area contributed by atoms with E-state index in [0.29, 0.717) is 12.6 Å². The number of aliphatic carboxylic acids is 1. The van der Waals surface area contributed by atoms with Crippen LogP contribution in [-0.2, 0) is 11.2 Å². The fraction of sp³-hybridized carbons (Fsp3) is 0.560. The lowest BCUT2D eigenvalue weighted by Crippen LogP contribution is -2.22. The molecule has 0 fully saturated rings. The summed E-state index contributed by atoms with van der Waals surface area (Å²) < 4.78 is 5.66. The van der Waals surface area contributed by atoms with Gasteiger partial charge in [0, 0.05) is 18.0 Å². The van der Waals surface area contributed by atoms with Crippen molar-refractivity contribution in [2.24, 2.45) is 5.92 Å². The zero-order chi connectivity index (χ0) is 22.5. The van der Waals surface area contributed by atoms with Crippen LogP contribution in [0.25, 0.3) is 11.1 Å². The van der Waals surface area contributed by atoms with Gasteiger partial charge >= 0.3 is 12.0 Å². The number of alkyl halides is 1. The minimum Gasteiger partial charge on any atom is -0.480 e. The van der Waals surface area contributed by atoms with E-state index in [9.17, 15) is 4.79 Å². The van der Waals surface area contributed by atoms with Crippen LogP contribution in [0.3, 0.4) is 0 Å². The van der Waals surface area contributed by atoms with Gasteiger partial charge < -0.3 is 9.84 Å². The molecule has 0 spiro atoms. The van der Waals surface area contributed by atoms with E-state index in [4.69, 9.17) is 21.4 Å². The number of ether oxygens (including phenoxy) is 1. The lowest BCUT2D eigenvalue weighted by atomic mass is 9.97. The summed E-state index contributed by atoms with van der Waals surface area (Å²) in [6.45, 7) is 4.76. The monoisotopic (exact) mass is 446 g/mol. The summed E-state index contributed by atoms with van der Waals surface area (Å²) in [5, 5.41) is 8.14. The minimum absolute atomic E-state index is 0.0826. The summed E-state index contributed by atoms with van der Waals surface area (Å²) in [4.78, 5) is 19.6. The summed E-state index contributed by atoms with van der Waals surface area (Å²) in [7, 11) is 0. The Labute approximate surface area is 191 Å². The molecule has 0 saturated carbocycles. The second-order valence-corrected chi connectivity index (χ2v) is 8.65. The van der Waals surface area contributed by atoms with Crippen LogP contribution in [0.1, 0.15) is 70.8 Å². The lowest BCUT2D eigenvalue weighted by molar-refractivity contribution is -0.137. The molecule has 6 heteroatoms. The number of carboxylic acid groups (broad SMARTS) is 1. The molecule has 1 aromatic carbocycles. The van der Waals surface area contributed by atoms with Gasteiger partial charge in [-0.1, -0.05) is 76.6 Å². The van der Waals surface area contributed by atoms with E-state index in [1.807, 2.05) is 19.1 Å². The van der Waals surface area contributed by atoms with Gasteiger partial charge in [-0.2, -0.15) is 0 Å². The minimum atomic E-state index is -0.959. The number of benzene rings is 1. The number of unbranched alkanes of at least 4 members (excludes halogenated alkanes) is 6. The smallest absolute Gasteiger partial charge is 0.321 e. The second kappa shape index (κ2) is 14.0. The Morgan fingerprint density at radius 1 is 1.00 bits per heavy atom. The van der Waals surface area contributed by atoms with Gasteiger partial charge in [0.05, 0.1) is 6.61 Å². The zero-order valence-electron chi connectivity index (χ0n) is 18.7. The molecular formula is C25H35ClN2O3. The molecule has 0 radical (unpaired) electrons. The van der Waals surface area contributed by atoms with Crippen molar-refractivity contribution in [3.8, 4) is 17.1 Å². The quantitative estimate of drug-likeness (QED) is 0.248. The number of halogens is 1. The van der Waals surface area contributed by atoms with E-state index in [0.717, 1.165) is 36.0 Å². The Morgan fingerprint density at radius 3 is 2.23 bits per heavy atom. The van der Waals surface area contributed by atoms with E-state index in [2.05, 4.69) is 29.0 Å². The summed E-state index contributed by atoms with van der Waals surface area (Å²) in [5.41, 5.74) is 3.13. The van der Waals surface area contributed by atoms with Gasteiger partial charge in [0.25, 0.3) is 0 Å². The molecule has 31 heavy (non-hydrogen) atoms. The predicted molar refractivity (Wildman–Crippen MR) is 126 cm³/mol. The number of aromatic nitrogens is 2. The highest BCUT2D eigenvalue weighted by molar-refractivity contribution is 6.29. The highest BCUT2D eigenvalue weighted by Crippen LogP contribution is 2.22. The number of hydrogen-bond donors (Lipinski definition) is 1. The van der Waals surface area contributed by atoms with Gasteiger partial charge in [-0.25, -0.2) is 9.97 Å². The Morgan fingerprint density at radius 2 is 1.61 bits per heavy atom. The van der Waals surface area contributed by atoms with Crippen LogP contribution in [-0.4, -0.2) is 33.0 Å². The first-order valence-corrected chi connectivity index (χ1v) is 11.9. The van der Waals surface area contributed by atoms with Crippen molar-refractivity contribution in [2.45, 2.75) is 77.0 Å². The summed E-state index contributed by atoms with van der Waals surface area (Å²) in [6.07, 6.45) is 13.8. The maximum absolute atomic E-state index is 11.0. The molecule has 0 unspecified atom stereocenters. The van der Waals surface area contributed by atoms with Crippen LogP contribution in [0.5, 0.6) is 6.01 Å². The number of hydrogen-bond acceptors (Lipinski definition) is 4. The number of rotatable bonds is 15. The Balaban J connectivity index is 1.74. The van der Waals surface area contributed by atoms with E-state index < -0.39 is 11.3 Å². The fourth-order valence-electron chi connectivity index (χ4n) is 3.41. The third-order valence-corrected chi connectivity index (χ3v) is 6.14. The molecule has 1 N–H and O–H groups in total. The molecular weight excluding hydrogens is 412 g/mol. The number of carboxylic acids is 1. The highest BCUT2D eigenvalue weighted by Gasteiger charge is 2.21.